The largest absolute Gasteiger partial charge is 0.407 e. The molecule has 1 atom stereocenters. The average Bonchev–Trinajstić information content (AvgIpc) is 2.90. The highest BCUT2D eigenvalue weighted by atomic mass is 16.5. The first-order valence-electron chi connectivity index (χ1n) is 9.79. The number of amidine groups is 1. The van der Waals surface area contributed by atoms with E-state index < -0.39 is 18.1 Å². The Morgan fingerprint density at radius 3 is 2.56 bits per heavy atom. The Morgan fingerprint density at radius 2 is 1.81 bits per heavy atom. The summed E-state index contributed by atoms with van der Waals surface area (Å²) in [5.41, 5.74) is 15.5. The molecule has 1 aromatic heterocycles. The Morgan fingerprint density at radius 1 is 1.09 bits per heavy atom. The molecule has 1 unspecified atom stereocenters. The molecule has 0 fully saturated rings. The number of nitrogens with one attached hydrogen (secondary N) is 2. The number of nitrogens with two attached hydrogens (primary N) is 2. The molecular weight excluding hydrogens is 406 g/mol. The topological polar surface area (TPSA) is 152 Å². The van der Waals surface area contributed by atoms with E-state index in [2.05, 4.69) is 20.3 Å². The number of hydrogen-bond donors (Lipinski definition) is 4. The minimum absolute atomic E-state index is 0.134. The van der Waals surface area contributed by atoms with Gasteiger partial charge in [-0.1, -0.05) is 48.5 Å². The molecule has 1 aliphatic rings. The molecule has 2 aromatic carbocycles. The molecule has 1 aliphatic heterocycles. The summed E-state index contributed by atoms with van der Waals surface area (Å²) < 4.78 is 5.31. The van der Waals surface area contributed by atoms with Crippen molar-refractivity contribution in [1.29, 1.82) is 5.41 Å². The Kier molecular flexibility index (Phi) is 5.63. The second-order valence-corrected chi connectivity index (χ2v) is 7.04. The van der Waals surface area contributed by atoms with Gasteiger partial charge in [-0.2, -0.15) is 4.99 Å². The summed E-state index contributed by atoms with van der Waals surface area (Å²) in [6.45, 7) is 1.78. The summed E-state index contributed by atoms with van der Waals surface area (Å²) in [5, 5.41) is 10.9. The number of carbonyl (C=O) groups excluding carboxylic acids is 1. The third kappa shape index (κ3) is 4.31. The van der Waals surface area contributed by atoms with E-state index >= 15 is 0 Å². The predicted octanol–water partition coefficient (Wildman–Crippen LogP) is 2.44. The highest BCUT2D eigenvalue weighted by Gasteiger charge is 2.26. The zero-order chi connectivity index (χ0) is 22.7. The van der Waals surface area contributed by atoms with Crippen LogP contribution in [0, 0.1) is 12.3 Å². The molecule has 6 N–H and O–H groups in total. The monoisotopic (exact) mass is 427 g/mol. The standard InChI is InChI=1S/C23H21N7O2/c1-13-11-12-16(19(24)27-13)20(25)32-23(26)30-21-22(31)28-17-10-6-5-9-15(17)18(29-21)14-7-3-2-4-8-14/h2-12,21,25H,1H3,(H2,24,27)(H2,26,30)(H,28,31). The van der Waals surface area contributed by atoms with Crippen molar-refractivity contribution in [2.75, 3.05) is 11.1 Å². The van der Waals surface area contributed by atoms with Gasteiger partial charge in [-0.05, 0) is 25.1 Å². The van der Waals surface area contributed by atoms with E-state index in [1.54, 1.807) is 25.1 Å². The van der Waals surface area contributed by atoms with Gasteiger partial charge in [0.05, 0.1) is 17.0 Å². The number of nitrogen functional groups attached to an aromatic ring is 1. The third-order valence-electron chi connectivity index (χ3n) is 4.74. The molecule has 0 saturated heterocycles. The summed E-state index contributed by atoms with van der Waals surface area (Å²) in [4.78, 5) is 25.6. The van der Waals surface area contributed by atoms with Gasteiger partial charge in [0, 0.05) is 16.8 Å². The Hall–Kier alpha value is -4.53. The minimum Gasteiger partial charge on any atom is -0.407 e. The summed E-state index contributed by atoms with van der Waals surface area (Å²) in [5.74, 6) is -0.673. The number of rotatable bonds is 3. The number of aryl methyl sites for hydroxylation is 1. The summed E-state index contributed by atoms with van der Waals surface area (Å²) in [6, 6.07) is 19.7. The summed E-state index contributed by atoms with van der Waals surface area (Å²) >= 11 is 0. The number of nitrogens with zero attached hydrogens (tertiary/aromatic N) is 3. The molecule has 0 aliphatic carbocycles. The highest BCUT2D eigenvalue weighted by Crippen LogP contribution is 2.24. The van der Waals surface area contributed by atoms with Crippen LogP contribution in [0.5, 0.6) is 0 Å². The van der Waals surface area contributed by atoms with Crippen molar-refractivity contribution in [3.05, 3.63) is 89.1 Å². The number of anilines is 2. The maximum Gasteiger partial charge on any atom is 0.291 e. The molecule has 0 radical (unpaired) electrons. The third-order valence-corrected chi connectivity index (χ3v) is 4.74. The quantitative estimate of drug-likeness (QED) is 0.374. The molecule has 0 saturated carbocycles. The van der Waals surface area contributed by atoms with Crippen LogP contribution in [0.15, 0.2) is 76.7 Å². The van der Waals surface area contributed by atoms with Gasteiger partial charge in [-0.3, -0.25) is 10.2 Å². The molecule has 0 bridgehead atoms. The smallest absolute Gasteiger partial charge is 0.291 e. The number of benzene rings is 2. The van der Waals surface area contributed by atoms with Crippen LogP contribution in [0.3, 0.4) is 0 Å². The van der Waals surface area contributed by atoms with Gasteiger partial charge in [0.15, 0.2) is 0 Å². The van der Waals surface area contributed by atoms with Gasteiger partial charge >= 0.3 is 0 Å². The van der Waals surface area contributed by atoms with Crippen molar-refractivity contribution in [2.24, 2.45) is 15.7 Å². The van der Waals surface area contributed by atoms with Gasteiger partial charge in [0.1, 0.15) is 5.82 Å². The van der Waals surface area contributed by atoms with E-state index in [4.69, 9.17) is 21.6 Å². The van der Waals surface area contributed by atoms with Gasteiger partial charge in [0.2, 0.25) is 12.1 Å². The minimum atomic E-state index is -1.21. The van der Waals surface area contributed by atoms with Gasteiger partial charge in [0.25, 0.3) is 11.9 Å². The number of ether oxygens (including phenoxy) is 1. The number of fused-ring (bicyclic) bond motifs is 1. The second-order valence-electron chi connectivity index (χ2n) is 7.04. The lowest BCUT2D eigenvalue weighted by Crippen LogP contribution is -2.29. The normalized spacial score (nSPS) is 15.8. The van der Waals surface area contributed by atoms with Crippen LogP contribution in [0.25, 0.3) is 0 Å². The van der Waals surface area contributed by atoms with Crippen molar-refractivity contribution in [2.45, 2.75) is 13.1 Å². The van der Waals surface area contributed by atoms with Gasteiger partial charge in [-0.25, -0.2) is 9.98 Å². The first-order chi connectivity index (χ1) is 15.4. The van der Waals surface area contributed by atoms with Crippen molar-refractivity contribution in [3.63, 3.8) is 0 Å². The molecule has 0 spiro atoms. The van der Waals surface area contributed by atoms with Crippen LogP contribution >= 0.6 is 0 Å². The molecule has 1 amide bonds. The summed E-state index contributed by atoms with van der Waals surface area (Å²) in [6.07, 6.45) is -1.21. The summed E-state index contributed by atoms with van der Waals surface area (Å²) in [7, 11) is 0. The fourth-order valence-corrected chi connectivity index (χ4v) is 3.24. The van der Waals surface area contributed by atoms with Crippen molar-refractivity contribution >= 4 is 35.0 Å². The van der Waals surface area contributed by atoms with E-state index in [-0.39, 0.29) is 17.3 Å². The van der Waals surface area contributed by atoms with Crippen LogP contribution in [-0.4, -0.2) is 34.7 Å². The van der Waals surface area contributed by atoms with Crippen molar-refractivity contribution in [3.8, 4) is 0 Å². The number of benzodiazepines with no additional fused rings is 1. The van der Waals surface area contributed by atoms with E-state index in [0.717, 1.165) is 11.1 Å². The maximum atomic E-state index is 12.8. The van der Waals surface area contributed by atoms with Crippen molar-refractivity contribution in [1.82, 2.24) is 4.98 Å². The molecular formula is C23H21N7O2. The zero-order valence-electron chi connectivity index (χ0n) is 17.2. The lowest BCUT2D eigenvalue weighted by Gasteiger charge is -2.11. The SMILES string of the molecule is Cc1ccc(C(=N)OC(N)=NC2N=C(c3ccccc3)c3ccccc3NC2=O)c(N)n1. The average molecular weight is 427 g/mol. The number of hydrogen-bond acceptors (Lipinski definition) is 7. The zero-order valence-corrected chi connectivity index (χ0v) is 17.2. The number of amides is 1. The van der Waals surface area contributed by atoms with E-state index in [1.807, 2.05) is 48.5 Å². The maximum absolute atomic E-state index is 12.8. The van der Waals surface area contributed by atoms with Crippen LogP contribution in [0.2, 0.25) is 0 Å². The van der Waals surface area contributed by atoms with Gasteiger partial charge < -0.3 is 21.5 Å². The number of aliphatic imine (C=N–C) groups is 2. The van der Waals surface area contributed by atoms with E-state index in [1.165, 1.54) is 0 Å². The molecule has 9 nitrogen and oxygen atoms in total. The van der Waals surface area contributed by atoms with Crippen LogP contribution in [0.1, 0.15) is 22.4 Å². The number of pyridine rings is 1. The van der Waals surface area contributed by atoms with Gasteiger partial charge in [-0.15, -0.1) is 0 Å². The number of aromatic nitrogens is 1. The Bertz CT molecular complexity index is 1250. The fraction of sp³-hybridized carbons (Fsp3) is 0.0870. The fourth-order valence-electron chi connectivity index (χ4n) is 3.24. The van der Waals surface area contributed by atoms with Crippen LogP contribution in [0.4, 0.5) is 11.5 Å². The lowest BCUT2D eigenvalue weighted by atomic mass is 10.0. The predicted molar refractivity (Wildman–Crippen MR) is 124 cm³/mol. The van der Waals surface area contributed by atoms with Crippen LogP contribution in [-0.2, 0) is 9.53 Å². The molecule has 160 valence electrons. The van der Waals surface area contributed by atoms with Crippen LogP contribution < -0.4 is 16.8 Å². The first kappa shape index (κ1) is 20.7. The van der Waals surface area contributed by atoms with E-state index in [0.29, 0.717) is 17.1 Å². The number of para-hydroxylation sites is 1. The molecule has 9 heteroatoms. The lowest BCUT2D eigenvalue weighted by molar-refractivity contribution is -0.117. The van der Waals surface area contributed by atoms with E-state index in [9.17, 15) is 4.79 Å². The molecule has 32 heavy (non-hydrogen) atoms. The van der Waals surface area contributed by atoms with Crippen molar-refractivity contribution < 1.29 is 9.53 Å². The molecule has 3 aromatic rings. The first-order valence-corrected chi connectivity index (χ1v) is 9.79. The Balaban J connectivity index is 1.67. The Labute approximate surface area is 184 Å². The highest BCUT2D eigenvalue weighted by molar-refractivity contribution is 6.19. The molecule has 4 rings (SSSR count). The second kappa shape index (κ2) is 8.68. The molecule has 2 heterocycles. The number of carbonyl (C=O) groups is 1.